The molecule has 0 bridgehead atoms. The average Bonchev–Trinajstić information content (AvgIpc) is 2.78. The van der Waals surface area contributed by atoms with Crippen molar-refractivity contribution in [3.63, 3.8) is 0 Å². The normalized spacial score (nSPS) is 12.4. The summed E-state index contributed by atoms with van der Waals surface area (Å²) < 4.78 is 1.66. The van der Waals surface area contributed by atoms with Gasteiger partial charge in [0.15, 0.2) is 0 Å². The summed E-state index contributed by atoms with van der Waals surface area (Å²) in [6, 6.07) is -0.414. The Morgan fingerprint density at radius 3 is 3.12 bits per heavy atom. The highest BCUT2D eigenvalue weighted by Gasteiger charge is 2.11. The Hall–Kier alpha value is -1.08. The minimum absolute atomic E-state index is 0.103. The molecule has 3 N–H and O–H groups in total. The first kappa shape index (κ1) is 13.0. The molecule has 1 amide bonds. The lowest BCUT2D eigenvalue weighted by molar-refractivity contribution is -0.122. The summed E-state index contributed by atoms with van der Waals surface area (Å²) in [5, 5.41) is 10.2. The number of thioether (sulfide) groups is 1. The van der Waals surface area contributed by atoms with E-state index in [2.05, 4.69) is 15.6 Å². The Kier molecular flexibility index (Phi) is 5.87. The van der Waals surface area contributed by atoms with Crippen LogP contribution < -0.4 is 11.1 Å². The SMILES string of the molecule is CSCC[C@H](N)C(=O)NCCn1ccnn1. The zero-order chi connectivity index (χ0) is 11.8. The van der Waals surface area contributed by atoms with Crippen LogP contribution in [0.25, 0.3) is 0 Å². The average molecular weight is 243 g/mol. The lowest BCUT2D eigenvalue weighted by Gasteiger charge is -2.11. The Morgan fingerprint density at radius 1 is 1.69 bits per heavy atom. The first-order valence-electron chi connectivity index (χ1n) is 5.10. The summed E-state index contributed by atoms with van der Waals surface area (Å²) >= 11 is 1.69. The molecule has 7 heteroatoms. The molecule has 6 nitrogen and oxygen atoms in total. The van der Waals surface area contributed by atoms with Crippen molar-refractivity contribution < 1.29 is 4.79 Å². The van der Waals surface area contributed by atoms with E-state index in [1.165, 1.54) is 0 Å². The summed E-state index contributed by atoms with van der Waals surface area (Å²) in [6.45, 7) is 1.14. The minimum Gasteiger partial charge on any atom is -0.353 e. The van der Waals surface area contributed by atoms with Gasteiger partial charge in [-0.3, -0.25) is 9.48 Å². The number of aromatic nitrogens is 3. The standard InChI is InChI=1S/C9H17N5OS/c1-16-7-2-8(10)9(15)11-3-5-14-6-4-12-13-14/h4,6,8H,2-3,5,7,10H2,1H3,(H,11,15)/t8-/m0/s1. The van der Waals surface area contributed by atoms with E-state index in [9.17, 15) is 4.79 Å². The minimum atomic E-state index is -0.414. The Bertz CT molecular complexity index is 303. The van der Waals surface area contributed by atoms with Crippen LogP contribution in [0.4, 0.5) is 0 Å². The van der Waals surface area contributed by atoms with E-state index >= 15 is 0 Å². The molecule has 1 rings (SSSR count). The Morgan fingerprint density at radius 2 is 2.50 bits per heavy atom. The van der Waals surface area contributed by atoms with Gasteiger partial charge < -0.3 is 11.1 Å². The zero-order valence-corrected chi connectivity index (χ0v) is 10.1. The monoisotopic (exact) mass is 243 g/mol. The fourth-order valence-corrected chi connectivity index (χ4v) is 1.64. The van der Waals surface area contributed by atoms with Crippen LogP contribution in [-0.4, -0.2) is 45.5 Å². The van der Waals surface area contributed by atoms with Gasteiger partial charge in [0, 0.05) is 12.7 Å². The largest absolute Gasteiger partial charge is 0.353 e. The fourth-order valence-electron chi connectivity index (χ4n) is 1.15. The number of rotatable bonds is 7. The molecule has 1 atom stereocenters. The molecule has 0 saturated heterocycles. The van der Waals surface area contributed by atoms with Gasteiger partial charge in [-0.2, -0.15) is 11.8 Å². The van der Waals surface area contributed by atoms with Crippen LogP contribution >= 0.6 is 11.8 Å². The van der Waals surface area contributed by atoms with E-state index in [1.54, 1.807) is 28.8 Å². The lowest BCUT2D eigenvalue weighted by atomic mass is 10.2. The van der Waals surface area contributed by atoms with Crippen molar-refractivity contribution in [2.24, 2.45) is 5.73 Å². The van der Waals surface area contributed by atoms with E-state index in [1.807, 2.05) is 6.26 Å². The number of amides is 1. The molecular weight excluding hydrogens is 226 g/mol. The molecule has 0 aliphatic carbocycles. The summed E-state index contributed by atoms with van der Waals surface area (Å²) in [7, 11) is 0. The van der Waals surface area contributed by atoms with Gasteiger partial charge in [0.05, 0.1) is 18.8 Å². The van der Waals surface area contributed by atoms with Crippen LogP contribution in [0, 0.1) is 0 Å². The number of nitrogens with one attached hydrogen (secondary N) is 1. The highest BCUT2D eigenvalue weighted by Crippen LogP contribution is 1.98. The summed E-state index contributed by atoms with van der Waals surface area (Å²) in [5.41, 5.74) is 5.70. The van der Waals surface area contributed by atoms with Crippen LogP contribution in [0.2, 0.25) is 0 Å². The highest BCUT2D eigenvalue weighted by molar-refractivity contribution is 7.98. The topological polar surface area (TPSA) is 85.8 Å². The lowest BCUT2D eigenvalue weighted by Crippen LogP contribution is -2.42. The van der Waals surface area contributed by atoms with Crippen LogP contribution in [0.1, 0.15) is 6.42 Å². The predicted molar refractivity (Wildman–Crippen MR) is 64.0 cm³/mol. The Balaban J connectivity index is 2.14. The molecule has 0 radical (unpaired) electrons. The van der Waals surface area contributed by atoms with Crippen molar-refractivity contribution in [1.82, 2.24) is 20.3 Å². The predicted octanol–water partition coefficient (Wildman–Crippen LogP) is -0.525. The van der Waals surface area contributed by atoms with Crippen molar-refractivity contribution in [2.45, 2.75) is 19.0 Å². The fraction of sp³-hybridized carbons (Fsp3) is 0.667. The third kappa shape index (κ3) is 4.63. The van der Waals surface area contributed by atoms with Crippen LogP contribution in [-0.2, 0) is 11.3 Å². The molecule has 1 aromatic rings. The van der Waals surface area contributed by atoms with Crippen molar-refractivity contribution >= 4 is 17.7 Å². The molecular formula is C9H17N5OS. The third-order valence-corrected chi connectivity index (χ3v) is 2.73. The van der Waals surface area contributed by atoms with Crippen molar-refractivity contribution in [3.05, 3.63) is 12.4 Å². The van der Waals surface area contributed by atoms with Gasteiger partial charge in [-0.1, -0.05) is 5.21 Å². The molecule has 0 aliphatic heterocycles. The van der Waals surface area contributed by atoms with Gasteiger partial charge in [-0.25, -0.2) is 0 Å². The van der Waals surface area contributed by atoms with E-state index in [0.717, 1.165) is 5.75 Å². The number of hydrogen-bond acceptors (Lipinski definition) is 5. The van der Waals surface area contributed by atoms with Crippen molar-refractivity contribution in [3.8, 4) is 0 Å². The second kappa shape index (κ2) is 7.24. The van der Waals surface area contributed by atoms with Gasteiger partial charge in [0.1, 0.15) is 0 Å². The van der Waals surface area contributed by atoms with E-state index in [0.29, 0.717) is 19.5 Å². The van der Waals surface area contributed by atoms with E-state index < -0.39 is 6.04 Å². The van der Waals surface area contributed by atoms with Crippen molar-refractivity contribution in [2.75, 3.05) is 18.6 Å². The van der Waals surface area contributed by atoms with Crippen molar-refractivity contribution in [1.29, 1.82) is 0 Å². The third-order valence-electron chi connectivity index (χ3n) is 2.08. The molecule has 0 aliphatic rings. The quantitative estimate of drug-likeness (QED) is 0.672. The number of nitrogens with zero attached hydrogens (tertiary/aromatic N) is 3. The zero-order valence-electron chi connectivity index (χ0n) is 9.30. The second-order valence-electron chi connectivity index (χ2n) is 3.35. The molecule has 1 aromatic heterocycles. The second-order valence-corrected chi connectivity index (χ2v) is 4.33. The van der Waals surface area contributed by atoms with E-state index in [-0.39, 0.29) is 5.91 Å². The van der Waals surface area contributed by atoms with Gasteiger partial charge >= 0.3 is 0 Å². The van der Waals surface area contributed by atoms with Crippen LogP contribution in [0.3, 0.4) is 0 Å². The maximum atomic E-state index is 11.5. The number of hydrogen-bond donors (Lipinski definition) is 2. The maximum absolute atomic E-state index is 11.5. The highest BCUT2D eigenvalue weighted by atomic mass is 32.2. The molecule has 0 saturated carbocycles. The Labute approximate surface area is 99.0 Å². The van der Waals surface area contributed by atoms with E-state index in [4.69, 9.17) is 5.73 Å². The molecule has 0 fully saturated rings. The molecule has 0 unspecified atom stereocenters. The first-order chi connectivity index (χ1) is 7.74. The summed E-state index contributed by atoms with van der Waals surface area (Å²) in [4.78, 5) is 11.5. The number of carbonyl (C=O) groups excluding carboxylic acids is 1. The molecule has 1 heterocycles. The van der Waals surface area contributed by atoms with Crippen LogP contribution in [0.15, 0.2) is 12.4 Å². The molecule has 0 aromatic carbocycles. The van der Waals surface area contributed by atoms with Gasteiger partial charge in [0.25, 0.3) is 0 Å². The smallest absolute Gasteiger partial charge is 0.237 e. The summed E-state index contributed by atoms with van der Waals surface area (Å²) in [5.74, 6) is 0.798. The summed E-state index contributed by atoms with van der Waals surface area (Å²) in [6.07, 6.45) is 6.05. The van der Waals surface area contributed by atoms with Gasteiger partial charge in [0.2, 0.25) is 5.91 Å². The van der Waals surface area contributed by atoms with Crippen LogP contribution in [0.5, 0.6) is 0 Å². The maximum Gasteiger partial charge on any atom is 0.237 e. The van der Waals surface area contributed by atoms with Gasteiger partial charge in [-0.05, 0) is 18.4 Å². The first-order valence-corrected chi connectivity index (χ1v) is 6.49. The number of carbonyl (C=O) groups is 1. The molecule has 16 heavy (non-hydrogen) atoms. The van der Waals surface area contributed by atoms with Gasteiger partial charge in [-0.15, -0.1) is 5.10 Å². The molecule has 90 valence electrons. The number of nitrogens with two attached hydrogens (primary N) is 1. The molecule has 0 spiro atoms.